The lowest BCUT2D eigenvalue weighted by Crippen LogP contribution is -2.33. The molecular weight excluding hydrogens is 263 g/mol. The van der Waals surface area contributed by atoms with Gasteiger partial charge in [-0.3, -0.25) is 0 Å². The van der Waals surface area contributed by atoms with Crippen LogP contribution in [-0.2, 0) is 0 Å². The molecule has 0 aliphatic rings. The van der Waals surface area contributed by atoms with Gasteiger partial charge in [0.1, 0.15) is 5.82 Å². The van der Waals surface area contributed by atoms with E-state index in [2.05, 4.69) is 43.0 Å². The van der Waals surface area contributed by atoms with E-state index in [4.69, 9.17) is 5.73 Å². The molecule has 0 heterocycles. The Labute approximate surface area is 126 Å². The lowest BCUT2D eigenvalue weighted by atomic mass is 10.0. The highest BCUT2D eigenvalue weighted by atomic mass is 19.1. The van der Waals surface area contributed by atoms with Crippen molar-refractivity contribution in [2.45, 2.75) is 26.8 Å². The molecule has 3 heteroatoms. The summed E-state index contributed by atoms with van der Waals surface area (Å²) in [6.07, 6.45) is 0. The van der Waals surface area contributed by atoms with Gasteiger partial charge in [-0.05, 0) is 50.1 Å². The molecule has 0 radical (unpaired) electrons. The van der Waals surface area contributed by atoms with Gasteiger partial charge < -0.3 is 10.6 Å². The fourth-order valence-corrected chi connectivity index (χ4v) is 2.58. The van der Waals surface area contributed by atoms with Crippen molar-refractivity contribution >= 4 is 5.69 Å². The highest BCUT2D eigenvalue weighted by Crippen LogP contribution is 2.27. The van der Waals surface area contributed by atoms with E-state index < -0.39 is 0 Å². The van der Waals surface area contributed by atoms with Gasteiger partial charge in [-0.2, -0.15) is 0 Å². The summed E-state index contributed by atoms with van der Waals surface area (Å²) in [5.41, 5.74) is 9.89. The van der Waals surface area contributed by atoms with Crippen LogP contribution in [0.5, 0.6) is 0 Å². The number of rotatable bonds is 5. The largest absolute Gasteiger partial charge is 0.363 e. The van der Waals surface area contributed by atoms with E-state index in [9.17, 15) is 4.39 Å². The highest BCUT2D eigenvalue weighted by Gasteiger charge is 2.19. The number of nitrogens with two attached hydrogens (primary N) is 1. The zero-order valence-corrected chi connectivity index (χ0v) is 12.9. The lowest BCUT2D eigenvalue weighted by Gasteiger charge is -2.32. The standard InChI is InChI=1S/C18H23FN2/c1-4-21(16-9-5-13(2)6-10-16)18(12-20)15-8-7-14(3)17(19)11-15/h5-11,18H,4,12,20H2,1-3H3. The van der Waals surface area contributed by atoms with Gasteiger partial charge in [0.2, 0.25) is 0 Å². The molecule has 0 aliphatic carbocycles. The first-order chi connectivity index (χ1) is 10.1. The molecule has 1 unspecified atom stereocenters. The fourth-order valence-electron chi connectivity index (χ4n) is 2.58. The quantitative estimate of drug-likeness (QED) is 0.901. The molecule has 0 spiro atoms. The average Bonchev–Trinajstić information content (AvgIpc) is 2.49. The Hall–Kier alpha value is -1.87. The minimum Gasteiger partial charge on any atom is -0.363 e. The van der Waals surface area contributed by atoms with Crippen LogP contribution in [0, 0.1) is 19.7 Å². The molecule has 0 saturated carbocycles. The number of hydrogen-bond acceptors (Lipinski definition) is 2. The molecule has 1 atom stereocenters. The first-order valence-electron chi connectivity index (χ1n) is 7.36. The topological polar surface area (TPSA) is 29.3 Å². The Bertz CT molecular complexity index is 593. The van der Waals surface area contributed by atoms with Crippen LogP contribution in [0.1, 0.15) is 29.7 Å². The number of nitrogens with zero attached hydrogens (tertiary/aromatic N) is 1. The number of anilines is 1. The van der Waals surface area contributed by atoms with E-state index >= 15 is 0 Å². The number of halogens is 1. The van der Waals surface area contributed by atoms with Gasteiger partial charge in [-0.1, -0.05) is 29.8 Å². The smallest absolute Gasteiger partial charge is 0.126 e. The molecule has 2 aromatic carbocycles. The molecule has 0 saturated heterocycles. The Kier molecular flexibility index (Phi) is 4.97. The predicted molar refractivity (Wildman–Crippen MR) is 87.1 cm³/mol. The number of benzene rings is 2. The van der Waals surface area contributed by atoms with Crippen molar-refractivity contribution in [2.75, 3.05) is 18.0 Å². The summed E-state index contributed by atoms with van der Waals surface area (Å²) < 4.78 is 13.8. The molecule has 2 N–H and O–H groups in total. The summed E-state index contributed by atoms with van der Waals surface area (Å²) in [6, 6.07) is 13.7. The van der Waals surface area contributed by atoms with Gasteiger partial charge in [0.25, 0.3) is 0 Å². The van der Waals surface area contributed by atoms with Crippen molar-refractivity contribution in [3.05, 3.63) is 65.0 Å². The Morgan fingerprint density at radius 3 is 2.29 bits per heavy atom. The van der Waals surface area contributed by atoms with Crippen LogP contribution in [0.25, 0.3) is 0 Å². The predicted octanol–water partition coefficient (Wildman–Crippen LogP) is 3.97. The summed E-state index contributed by atoms with van der Waals surface area (Å²) >= 11 is 0. The maximum atomic E-state index is 13.8. The number of aryl methyl sites for hydroxylation is 2. The van der Waals surface area contributed by atoms with E-state index in [1.807, 2.05) is 12.1 Å². The van der Waals surface area contributed by atoms with Gasteiger partial charge in [0, 0.05) is 18.8 Å². The Morgan fingerprint density at radius 1 is 1.10 bits per heavy atom. The molecule has 2 aromatic rings. The van der Waals surface area contributed by atoms with Crippen LogP contribution >= 0.6 is 0 Å². The third kappa shape index (κ3) is 3.42. The first kappa shape index (κ1) is 15.5. The normalized spacial score (nSPS) is 12.2. The summed E-state index contributed by atoms with van der Waals surface area (Å²) in [5.74, 6) is -0.175. The van der Waals surface area contributed by atoms with Crippen LogP contribution in [-0.4, -0.2) is 13.1 Å². The maximum Gasteiger partial charge on any atom is 0.126 e. The van der Waals surface area contributed by atoms with Crippen molar-refractivity contribution in [2.24, 2.45) is 5.73 Å². The van der Waals surface area contributed by atoms with Gasteiger partial charge in [0.15, 0.2) is 0 Å². The molecule has 2 nitrogen and oxygen atoms in total. The molecule has 0 aliphatic heterocycles. The van der Waals surface area contributed by atoms with Crippen molar-refractivity contribution in [1.82, 2.24) is 0 Å². The third-order valence-corrected chi connectivity index (χ3v) is 3.89. The summed E-state index contributed by atoms with van der Waals surface area (Å²) in [6.45, 7) is 7.20. The van der Waals surface area contributed by atoms with Crippen LogP contribution in [0.3, 0.4) is 0 Å². The van der Waals surface area contributed by atoms with Crippen molar-refractivity contribution in [1.29, 1.82) is 0 Å². The fraction of sp³-hybridized carbons (Fsp3) is 0.333. The third-order valence-electron chi connectivity index (χ3n) is 3.89. The van der Waals surface area contributed by atoms with Gasteiger partial charge >= 0.3 is 0 Å². The second-order valence-electron chi connectivity index (χ2n) is 5.38. The van der Waals surface area contributed by atoms with Crippen LogP contribution in [0.4, 0.5) is 10.1 Å². The van der Waals surface area contributed by atoms with Crippen molar-refractivity contribution in [3.8, 4) is 0 Å². The summed E-state index contributed by atoms with van der Waals surface area (Å²) in [5, 5.41) is 0. The van der Waals surface area contributed by atoms with E-state index in [1.165, 1.54) is 5.56 Å². The summed E-state index contributed by atoms with van der Waals surface area (Å²) in [4.78, 5) is 2.21. The first-order valence-corrected chi connectivity index (χ1v) is 7.36. The molecule has 0 fully saturated rings. The molecule has 0 amide bonds. The second-order valence-corrected chi connectivity index (χ2v) is 5.38. The van der Waals surface area contributed by atoms with Gasteiger partial charge in [-0.15, -0.1) is 0 Å². The second kappa shape index (κ2) is 6.72. The minimum absolute atomic E-state index is 0.0205. The van der Waals surface area contributed by atoms with E-state index in [0.717, 1.165) is 17.8 Å². The number of hydrogen-bond donors (Lipinski definition) is 1. The maximum absolute atomic E-state index is 13.8. The van der Waals surface area contributed by atoms with E-state index in [-0.39, 0.29) is 11.9 Å². The van der Waals surface area contributed by atoms with Crippen molar-refractivity contribution in [3.63, 3.8) is 0 Å². The molecule has 2 rings (SSSR count). The average molecular weight is 286 g/mol. The van der Waals surface area contributed by atoms with E-state index in [1.54, 1.807) is 13.0 Å². The van der Waals surface area contributed by atoms with Crippen LogP contribution in [0.15, 0.2) is 42.5 Å². The molecule has 0 aromatic heterocycles. The zero-order chi connectivity index (χ0) is 15.4. The Balaban J connectivity index is 2.36. The molecular formula is C18H23FN2. The lowest BCUT2D eigenvalue weighted by molar-refractivity contribution is 0.600. The molecule has 21 heavy (non-hydrogen) atoms. The minimum atomic E-state index is -0.175. The number of likely N-dealkylation sites (N-methyl/N-ethyl adjacent to an activating group) is 1. The zero-order valence-electron chi connectivity index (χ0n) is 12.9. The van der Waals surface area contributed by atoms with Crippen LogP contribution < -0.4 is 10.6 Å². The van der Waals surface area contributed by atoms with E-state index in [0.29, 0.717) is 12.1 Å². The molecule has 0 bridgehead atoms. The highest BCUT2D eigenvalue weighted by molar-refractivity contribution is 5.50. The van der Waals surface area contributed by atoms with Gasteiger partial charge in [0.05, 0.1) is 6.04 Å². The summed E-state index contributed by atoms with van der Waals surface area (Å²) in [7, 11) is 0. The molecule has 112 valence electrons. The monoisotopic (exact) mass is 286 g/mol. The van der Waals surface area contributed by atoms with Crippen molar-refractivity contribution < 1.29 is 4.39 Å². The van der Waals surface area contributed by atoms with Crippen LogP contribution in [0.2, 0.25) is 0 Å². The Morgan fingerprint density at radius 2 is 1.76 bits per heavy atom. The van der Waals surface area contributed by atoms with Gasteiger partial charge in [-0.25, -0.2) is 4.39 Å². The SMILES string of the molecule is CCN(c1ccc(C)cc1)C(CN)c1ccc(C)c(F)c1.